The normalized spacial score (nSPS) is 10.4. The van der Waals surface area contributed by atoms with Crippen molar-refractivity contribution in [1.29, 1.82) is 0 Å². The molecule has 0 amide bonds. The highest BCUT2D eigenvalue weighted by molar-refractivity contribution is 6.35. The van der Waals surface area contributed by atoms with Crippen LogP contribution in [0.2, 0.25) is 5.15 Å². The van der Waals surface area contributed by atoms with Gasteiger partial charge >= 0.3 is 5.97 Å². The van der Waals surface area contributed by atoms with Gasteiger partial charge in [0.05, 0.1) is 19.3 Å². The Balaban J connectivity index is 2.74. The first kappa shape index (κ1) is 12.6. The molecule has 5 heteroatoms. The molecule has 0 N–H and O–H groups in total. The zero-order valence-electron chi connectivity index (χ0n) is 10.1. The fourth-order valence-corrected chi connectivity index (χ4v) is 1.98. The molecule has 0 saturated carbocycles. The molecule has 0 bridgehead atoms. The fraction of sp³-hybridized carbons (Fsp3) is 0.231. The summed E-state index contributed by atoms with van der Waals surface area (Å²) in [7, 11) is 1.54. The van der Waals surface area contributed by atoms with Crippen LogP contribution in [-0.2, 0) is 4.74 Å². The molecule has 0 spiro atoms. The van der Waals surface area contributed by atoms with E-state index in [4.69, 9.17) is 21.1 Å². The summed E-state index contributed by atoms with van der Waals surface area (Å²) in [5.41, 5.74) is 0.355. The molecule has 0 aliphatic rings. The van der Waals surface area contributed by atoms with Crippen molar-refractivity contribution in [3.63, 3.8) is 0 Å². The molecule has 1 heterocycles. The lowest BCUT2D eigenvalue weighted by Crippen LogP contribution is -2.06. The number of carbonyl (C=O) groups is 1. The number of carbonyl (C=O) groups excluding carboxylic acids is 1. The number of benzene rings is 1. The number of rotatable bonds is 3. The quantitative estimate of drug-likeness (QED) is 0.632. The number of methoxy groups -OCH3 is 1. The van der Waals surface area contributed by atoms with Gasteiger partial charge in [-0.25, -0.2) is 9.78 Å². The summed E-state index contributed by atoms with van der Waals surface area (Å²) >= 11 is 6.02. The van der Waals surface area contributed by atoms with Crippen LogP contribution in [0.15, 0.2) is 24.4 Å². The van der Waals surface area contributed by atoms with Gasteiger partial charge in [0.25, 0.3) is 0 Å². The fourth-order valence-electron chi connectivity index (χ4n) is 1.77. The van der Waals surface area contributed by atoms with Gasteiger partial charge in [0.1, 0.15) is 10.9 Å². The largest absolute Gasteiger partial charge is 0.496 e. The van der Waals surface area contributed by atoms with Gasteiger partial charge in [0.2, 0.25) is 0 Å². The van der Waals surface area contributed by atoms with Crippen molar-refractivity contribution in [3.05, 3.63) is 35.1 Å². The molecule has 0 radical (unpaired) electrons. The molecule has 0 aliphatic heterocycles. The van der Waals surface area contributed by atoms with Gasteiger partial charge < -0.3 is 9.47 Å². The Hall–Kier alpha value is -1.81. The van der Waals surface area contributed by atoms with E-state index in [1.54, 1.807) is 25.1 Å². The molecule has 1 aromatic heterocycles. The average Bonchev–Trinajstić information content (AvgIpc) is 2.39. The summed E-state index contributed by atoms with van der Waals surface area (Å²) in [6.07, 6.45) is 1.41. The summed E-state index contributed by atoms with van der Waals surface area (Å²) < 4.78 is 10.3. The molecular weight excluding hydrogens is 254 g/mol. The van der Waals surface area contributed by atoms with Crippen molar-refractivity contribution in [1.82, 2.24) is 4.98 Å². The van der Waals surface area contributed by atoms with E-state index in [1.165, 1.54) is 13.3 Å². The topological polar surface area (TPSA) is 48.4 Å². The van der Waals surface area contributed by atoms with Gasteiger partial charge in [-0.3, -0.25) is 0 Å². The molecular formula is C13H12ClNO3. The van der Waals surface area contributed by atoms with Gasteiger partial charge in [-0.05, 0) is 13.0 Å². The summed E-state index contributed by atoms with van der Waals surface area (Å²) in [5, 5.41) is 1.62. The van der Waals surface area contributed by atoms with Crippen molar-refractivity contribution in [2.45, 2.75) is 6.92 Å². The van der Waals surface area contributed by atoms with Gasteiger partial charge in [0.15, 0.2) is 0 Å². The van der Waals surface area contributed by atoms with Crippen LogP contribution in [0.1, 0.15) is 17.3 Å². The maximum Gasteiger partial charge on any atom is 0.340 e. The Kier molecular flexibility index (Phi) is 3.67. The third-order valence-electron chi connectivity index (χ3n) is 2.54. The number of esters is 1. The van der Waals surface area contributed by atoms with Crippen molar-refractivity contribution in [3.8, 4) is 5.75 Å². The lowest BCUT2D eigenvalue weighted by molar-refractivity contribution is 0.0528. The zero-order valence-corrected chi connectivity index (χ0v) is 10.8. The lowest BCUT2D eigenvalue weighted by Gasteiger charge is -2.10. The third kappa shape index (κ3) is 2.11. The average molecular weight is 266 g/mol. The molecule has 18 heavy (non-hydrogen) atoms. The van der Waals surface area contributed by atoms with Gasteiger partial charge in [-0.15, -0.1) is 0 Å². The van der Waals surface area contributed by atoms with E-state index in [0.29, 0.717) is 33.8 Å². The predicted octanol–water partition coefficient (Wildman–Crippen LogP) is 3.07. The van der Waals surface area contributed by atoms with Crippen LogP contribution in [-0.4, -0.2) is 24.7 Å². The second-order valence-electron chi connectivity index (χ2n) is 3.57. The van der Waals surface area contributed by atoms with Gasteiger partial charge in [0, 0.05) is 17.0 Å². The van der Waals surface area contributed by atoms with E-state index < -0.39 is 5.97 Å². The molecule has 0 saturated heterocycles. The Labute approximate surface area is 109 Å². The third-order valence-corrected chi connectivity index (χ3v) is 2.84. The predicted molar refractivity (Wildman–Crippen MR) is 69.3 cm³/mol. The van der Waals surface area contributed by atoms with E-state index in [-0.39, 0.29) is 0 Å². The van der Waals surface area contributed by atoms with E-state index in [9.17, 15) is 4.79 Å². The Morgan fingerprint density at radius 2 is 2.22 bits per heavy atom. The minimum Gasteiger partial charge on any atom is -0.496 e. The van der Waals surface area contributed by atoms with Crippen LogP contribution in [0.25, 0.3) is 10.8 Å². The standard InChI is InChI=1S/C13H12ClNO3/c1-3-18-13(16)9-7-15-12(14)8-5-4-6-10(17-2)11(8)9/h4-7H,3H2,1-2H3. The summed E-state index contributed by atoms with van der Waals surface area (Å²) in [6.45, 7) is 2.05. The number of halogens is 1. The highest BCUT2D eigenvalue weighted by Gasteiger charge is 2.17. The van der Waals surface area contributed by atoms with Crippen molar-refractivity contribution in [2.75, 3.05) is 13.7 Å². The van der Waals surface area contributed by atoms with Crippen molar-refractivity contribution in [2.24, 2.45) is 0 Å². The van der Waals surface area contributed by atoms with Crippen LogP contribution in [0.4, 0.5) is 0 Å². The van der Waals surface area contributed by atoms with Crippen LogP contribution < -0.4 is 4.74 Å². The SMILES string of the molecule is CCOC(=O)c1cnc(Cl)c2cccc(OC)c12. The molecule has 2 aromatic rings. The molecule has 2 rings (SSSR count). The minimum absolute atomic E-state index is 0.304. The number of pyridine rings is 1. The van der Waals surface area contributed by atoms with E-state index in [0.717, 1.165) is 0 Å². The maximum absolute atomic E-state index is 11.9. The highest BCUT2D eigenvalue weighted by Crippen LogP contribution is 2.32. The number of hydrogen-bond donors (Lipinski definition) is 0. The van der Waals surface area contributed by atoms with Crippen molar-refractivity contribution >= 4 is 28.3 Å². The van der Waals surface area contributed by atoms with E-state index in [1.807, 2.05) is 0 Å². The first-order chi connectivity index (χ1) is 8.69. The first-order valence-corrected chi connectivity index (χ1v) is 5.85. The van der Waals surface area contributed by atoms with E-state index in [2.05, 4.69) is 4.98 Å². The Bertz CT molecular complexity index is 598. The molecule has 0 fully saturated rings. The number of hydrogen-bond acceptors (Lipinski definition) is 4. The zero-order chi connectivity index (χ0) is 13.1. The van der Waals surface area contributed by atoms with Crippen molar-refractivity contribution < 1.29 is 14.3 Å². The lowest BCUT2D eigenvalue weighted by atomic mass is 10.1. The molecule has 0 atom stereocenters. The first-order valence-electron chi connectivity index (χ1n) is 5.47. The molecule has 94 valence electrons. The Morgan fingerprint density at radius 1 is 1.44 bits per heavy atom. The second kappa shape index (κ2) is 5.23. The number of fused-ring (bicyclic) bond motifs is 1. The summed E-state index contributed by atoms with van der Waals surface area (Å²) in [4.78, 5) is 15.9. The van der Waals surface area contributed by atoms with Crippen LogP contribution in [0.5, 0.6) is 5.75 Å². The van der Waals surface area contributed by atoms with Crippen LogP contribution in [0, 0.1) is 0 Å². The number of ether oxygens (including phenoxy) is 2. The molecule has 0 aliphatic carbocycles. The van der Waals surface area contributed by atoms with Crippen LogP contribution in [0.3, 0.4) is 0 Å². The second-order valence-corrected chi connectivity index (χ2v) is 3.92. The highest BCUT2D eigenvalue weighted by atomic mass is 35.5. The molecule has 0 unspecified atom stereocenters. The van der Waals surface area contributed by atoms with Gasteiger partial charge in [-0.2, -0.15) is 0 Å². The van der Waals surface area contributed by atoms with E-state index >= 15 is 0 Å². The minimum atomic E-state index is -0.434. The molecule has 4 nitrogen and oxygen atoms in total. The molecule has 1 aromatic carbocycles. The number of aromatic nitrogens is 1. The van der Waals surface area contributed by atoms with Crippen LogP contribution >= 0.6 is 11.6 Å². The number of nitrogens with zero attached hydrogens (tertiary/aromatic N) is 1. The Morgan fingerprint density at radius 3 is 2.89 bits per heavy atom. The summed E-state index contributed by atoms with van der Waals surface area (Å²) in [5.74, 6) is 0.135. The maximum atomic E-state index is 11.9. The smallest absolute Gasteiger partial charge is 0.340 e. The summed E-state index contributed by atoms with van der Waals surface area (Å²) in [6, 6.07) is 5.35. The van der Waals surface area contributed by atoms with Gasteiger partial charge in [-0.1, -0.05) is 23.7 Å². The monoisotopic (exact) mass is 265 g/mol.